The Labute approximate surface area is 181 Å². The number of nitrogens with zero attached hydrogens (tertiary/aromatic N) is 1. The second-order valence-corrected chi connectivity index (χ2v) is 8.56. The molecule has 0 saturated heterocycles. The van der Waals surface area contributed by atoms with Crippen molar-refractivity contribution >= 4 is 21.6 Å². The number of hydrogen-bond acceptors (Lipinski definition) is 6. The molecule has 10 heteroatoms. The quantitative estimate of drug-likeness (QED) is 0.556. The van der Waals surface area contributed by atoms with Crippen molar-refractivity contribution in [2.45, 2.75) is 18.2 Å². The van der Waals surface area contributed by atoms with Gasteiger partial charge >= 0.3 is 0 Å². The summed E-state index contributed by atoms with van der Waals surface area (Å²) in [6, 6.07) is 9.17. The van der Waals surface area contributed by atoms with Gasteiger partial charge in [0.25, 0.3) is 10.0 Å². The molecule has 1 aliphatic heterocycles. The molecule has 2 aromatic rings. The minimum absolute atomic E-state index is 0.0646. The Morgan fingerprint density at radius 2 is 1.84 bits per heavy atom. The van der Waals surface area contributed by atoms with Crippen LogP contribution in [0, 0.1) is 5.82 Å². The molecule has 0 fully saturated rings. The summed E-state index contributed by atoms with van der Waals surface area (Å²) >= 11 is 0. The fraction of sp³-hybridized carbons (Fsp3) is 0.381. The lowest BCUT2D eigenvalue weighted by Gasteiger charge is -2.25. The smallest absolute Gasteiger partial charge is 0.264 e. The zero-order chi connectivity index (χ0) is 22.3. The molecule has 0 saturated carbocycles. The molecule has 1 aliphatic rings. The van der Waals surface area contributed by atoms with Crippen LogP contribution in [0.3, 0.4) is 0 Å². The number of rotatable bonds is 10. The van der Waals surface area contributed by atoms with Crippen LogP contribution in [0.4, 0.5) is 10.1 Å². The number of ether oxygens (including phenoxy) is 3. The lowest BCUT2D eigenvalue weighted by molar-refractivity contribution is -0.119. The van der Waals surface area contributed by atoms with Gasteiger partial charge in [-0.25, -0.2) is 12.8 Å². The Balaban J connectivity index is 1.83. The molecule has 8 nitrogen and oxygen atoms in total. The number of halogens is 1. The van der Waals surface area contributed by atoms with E-state index in [1.807, 2.05) is 6.92 Å². The van der Waals surface area contributed by atoms with Crippen LogP contribution in [-0.2, 0) is 19.6 Å². The van der Waals surface area contributed by atoms with Gasteiger partial charge in [0, 0.05) is 25.8 Å². The Bertz CT molecular complexity index is 997. The van der Waals surface area contributed by atoms with Gasteiger partial charge in [-0.3, -0.25) is 9.10 Å². The van der Waals surface area contributed by atoms with Crippen molar-refractivity contribution in [1.29, 1.82) is 0 Å². The third kappa shape index (κ3) is 5.86. The minimum Gasteiger partial charge on any atom is -0.486 e. The summed E-state index contributed by atoms with van der Waals surface area (Å²) in [6.45, 7) is 3.53. The van der Waals surface area contributed by atoms with Gasteiger partial charge in [0.1, 0.15) is 25.6 Å². The molecular weight excluding hydrogens is 427 g/mol. The van der Waals surface area contributed by atoms with Gasteiger partial charge in [0.2, 0.25) is 5.91 Å². The molecule has 0 bridgehead atoms. The molecule has 0 aliphatic carbocycles. The van der Waals surface area contributed by atoms with Crippen molar-refractivity contribution in [3.63, 3.8) is 0 Å². The largest absolute Gasteiger partial charge is 0.486 e. The van der Waals surface area contributed by atoms with Crippen molar-refractivity contribution in [2.24, 2.45) is 0 Å². The summed E-state index contributed by atoms with van der Waals surface area (Å²) in [6.07, 6.45) is 0.602. The molecule has 2 aromatic carbocycles. The van der Waals surface area contributed by atoms with Gasteiger partial charge in [0.05, 0.1) is 10.6 Å². The predicted octanol–water partition coefficient (Wildman–Crippen LogP) is 2.34. The summed E-state index contributed by atoms with van der Waals surface area (Å²) < 4.78 is 57.3. The molecule has 0 atom stereocenters. The maximum Gasteiger partial charge on any atom is 0.264 e. The van der Waals surface area contributed by atoms with Gasteiger partial charge < -0.3 is 19.5 Å². The van der Waals surface area contributed by atoms with Crippen LogP contribution in [0.1, 0.15) is 13.3 Å². The first-order valence-corrected chi connectivity index (χ1v) is 11.4. The molecule has 0 radical (unpaired) electrons. The van der Waals surface area contributed by atoms with Crippen molar-refractivity contribution in [1.82, 2.24) is 5.32 Å². The Hall–Kier alpha value is -2.85. The fourth-order valence-electron chi connectivity index (χ4n) is 2.97. The monoisotopic (exact) mass is 452 g/mol. The lowest BCUT2D eigenvalue weighted by Crippen LogP contribution is -2.41. The number of carbonyl (C=O) groups excluding carboxylic acids is 1. The maximum absolute atomic E-state index is 13.4. The molecule has 1 amide bonds. The number of carbonyl (C=O) groups is 1. The van der Waals surface area contributed by atoms with Crippen molar-refractivity contribution in [3.05, 3.63) is 48.3 Å². The van der Waals surface area contributed by atoms with E-state index in [0.717, 1.165) is 16.4 Å². The molecule has 1 N–H and O–H groups in total. The third-order valence-corrected chi connectivity index (χ3v) is 6.27. The average Bonchev–Trinajstić information content (AvgIpc) is 2.77. The number of amides is 1. The van der Waals surface area contributed by atoms with Crippen molar-refractivity contribution in [2.75, 3.05) is 43.8 Å². The van der Waals surface area contributed by atoms with Gasteiger partial charge in [-0.2, -0.15) is 0 Å². The van der Waals surface area contributed by atoms with Gasteiger partial charge in [-0.1, -0.05) is 0 Å². The first kappa shape index (κ1) is 22.8. The maximum atomic E-state index is 13.4. The molecule has 168 valence electrons. The van der Waals surface area contributed by atoms with E-state index in [2.05, 4.69) is 5.32 Å². The SMILES string of the molecule is CCOCCCNC(=O)CN(c1ccc(F)cc1)S(=O)(=O)c1ccc2c(c1)OCCO2. The highest BCUT2D eigenvalue weighted by molar-refractivity contribution is 7.92. The highest BCUT2D eigenvalue weighted by Gasteiger charge is 2.29. The summed E-state index contributed by atoms with van der Waals surface area (Å²) in [5, 5.41) is 2.68. The number of fused-ring (bicyclic) bond motifs is 1. The van der Waals surface area contributed by atoms with Crippen LogP contribution >= 0.6 is 0 Å². The van der Waals surface area contributed by atoms with Crippen molar-refractivity contribution in [3.8, 4) is 11.5 Å². The highest BCUT2D eigenvalue weighted by Crippen LogP contribution is 2.34. The first-order valence-electron chi connectivity index (χ1n) is 9.94. The van der Waals surface area contributed by atoms with E-state index in [4.69, 9.17) is 14.2 Å². The lowest BCUT2D eigenvalue weighted by atomic mass is 10.3. The summed E-state index contributed by atoms with van der Waals surface area (Å²) in [7, 11) is -4.14. The van der Waals surface area contributed by atoms with Crippen molar-refractivity contribution < 1.29 is 31.8 Å². The topological polar surface area (TPSA) is 94.2 Å². The van der Waals surface area contributed by atoms with E-state index in [1.165, 1.54) is 30.3 Å². The van der Waals surface area contributed by atoms with E-state index in [0.29, 0.717) is 50.9 Å². The second-order valence-electron chi connectivity index (χ2n) is 6.69. The molecule has 1 heterocycles. The predicted molar refractivity (Wildman–Crippen MR) is 112 cm³/mol. The van der Waals surface area contributed by atoms with Crippen LogP contribution in [0.15, 0.2) is 47.4 Å². The summed E-state index contributed by atoms with van der Waals surface area (Å²) in [4.78, 5) is 12.4. The Morgan fingerprint density at radius 3 is 2.55 bits per heavy atom. The van der Waals surface area contributed by atoms with E-state index in [9.17, 15) is 17.6 Å². The number of anilines is 1. The van der Waals surface area contributed by atoms with Gasteiger partial charge in [-0.05, 0) is 49.7 Å². The fourth-order valence-corrected chi connectivity index (χ4v) is 4.40. The Morgan fingerprint density at radius 1 is 1.13 bits per heavy atom. The first-order chi connectivity index (χ1) is 14.9. The van der Waals surface area contributed by atoms with E-state index in [1.54, 1.807) is 0 Å². The van der Waals surface area contributed by atoms with Gasteiger partial charge in [-0.15, -0.1) is 0 Å². The molecule has 0 unspecified atom stereocenters. The highest BCUT2D eigenvalue weighted by atomic mass is 32.2. The third-order valence-electron chi connectivity index (χ3n) is 4.50. The van der Waals surface area contributed by atoms with Crippen LogP contribution < -0.4 is 19.1 Å². The van der Waals surface area contributed by atoms with E-state index >= 15 is 0 Å². The van der Waals surface area contributed by atoms with Crippen LogP contribution in [0.5, 0.6) is 11.5 Å². The van der Waals surface area contributed by atoms with Gasteiger partial charge in [0.15, 0.2) is 11.5 Å². The van der Waals surface area contributed by atoms with E-state index < -0.39 is 28.3 Å². The number of hydrogen-bond donors (Lipinski definition) is 1. The Kier molecular flexibility index (Phi) is 7.69. The minimum atomic E-state index is -4.14. The number of sulfonamides is 1. The molecule has 31 heavy (non-hydrogen) atoms. The molecule has 0 spiro atoms. The summed E-state index contributed by atoms with van der Waals surface area (Å²) in [5.74, 6) is -0.236. The average molecular weight is 453 g/mol. The molecule has 3 rings (SSSR count). The van der Waals surface area contributed by atoms with Crippen LogP contribution in [0.25, 0.3) is 0 Å². The number of nitrogens with one attached hydrogen (secondary N) is 1. The second kappa shape index (κ2) is 10.5. The standard InChI is InChI=1S/C21H25FN2O6S/c1-2-28-11-3-10-23-21(25)15-24(17-6-4-16(22)5-7-17)31(26,27)18-8-9-19-20(14-18)30-13-12-29-19/h4-9,14H,2-3,10-13,15H2,1H3,(H,23,25). The van der Waals surface area contributed by atoms with E-state index in [-0.39, 0.29) is 10.6 Å². The molecule has 0 aromatic heterocycles. The molecular formula is C21H25FN2O6S. The summed E-state index contributed by atoms with van der Waals surface area (Å²) in [5.41, 5.74) is 0.167. The van der Waals surface area contributed by atoms with Crippen LogP contribution in [0.2, 0.25) is 0 Å². The zero-order valence-corrected chi connectivity index (χ0v) is 18.0. The normalized spacial score (nSPS) is 13.0. The van der Waals surface area contributed by atoms with Crippen LogP contribution in [-0.4, -0.2) is 53.8 Å². The number of benzene rings is 2. The zero-order valence-electron chi connectivity index (χ0n) is 17.2.